The average molecular weight is 206 g/mol. The quantitative estimate of drug-likeness (QED) is 0.777. The fraction of sp³-hybridized carbons (Fsp3) is 0.636. The molecule has 1 aromatic rings. The van der Waals surface area contributed by atoms with Gasteiger partial charge in [-0.2, -0.15) is 0 Å². The number of hydrogen-bond donors (Lipinski definition) is 2. The number of rotatable bonds is 2. The first kappa shape index (κ1) is 10.2. The summed E-state index contributed by atoms with van der Waals surface area (Å²) in [4.78, 5) is 8.03. The maximum absolute atomic E-state index is 5.78. The van der Waals surface area contributed by atoms with Gasteiger partial charge in [-0.3, -0.25) is 0 Å². The molecule has 2 unspecified atom stereocenters. The predicted octanol–water partition coefficient (Wildman–Crippen LogP) is 2.05. The van der Waals surface area contributed by atoms with Gasteiger partial charge in [0.15, 0.2) is 5.82 Å². The Morgan fingerprint density at radius 2 is 2.33 bits per heavy atom. The van der Waals surface area contributed by atoms with Crippen molar-refractivity contribution in [2.75, 3.05) is 11.1 Å². The van der Waals surface area contributed by atoms with Crippen LogP contribution in [0, 0.1) is 5.92 Å². The van der Waals surface area contributed by atoms with Gasteiger partial charge in [-0.1, -0.05) is 19.8 Å². The molecule has 1 aromatic heterocycles. The third-order valence-electron chi connectivity index (χ3n) is 3.02. The highest BCUT2D eigenvalue weighted by Crippen LogP contribution is 2.26. The number of nitrogen functional groups attached to an aromatic ring is 1. The number of nitrogens with two attached hydrogens (primary N) is 1. The van der Waals surface area contributed by atoms with Gasteiger partial charge in [0.25, 0.3) is 0 Å². The topological polar surface area (TPSA) is 63.8 Å². The van der Waals surface area contributed by atoms with E-state index in [2.05, 4.69) is 22.2 Å². The first-order chi connectivity index (χ1) is 7.25. The fourth-order valence-electron chi connectivity index (χ4n) is 2.22. The summed E-state index contributed by atoms with van der Waals surface area (Å²) in [6.07, 6.45) is 8.24. The molecule has 0 amide bonds. The third-order valence-corrected chi connectivity index (χ3v) is 3.02. The van der Waals surface area contributed by atoms with Gasteiger partial charge in [0.1, 0.15) is 6.33 Å². The summed E-state index contributed by atoms with van der Waals surface area (Å²) in [5.41, 5.74) is 6.42. The number of aromatic nitrogens is 2. The molecule has 82 valence electrons. The van der Waals surface area contributed by atoms with E-state index in [4.69, 9.17) is 5.73 Å². The Balaban J connectivity index is 1.99. The summed E-state index contributed by atoms with van der Waals surface area (Å²) in [7, 11) is 0. The van der Waals surface area contributed by atoms with E-state index in [0.717, 1.165) is 11.7 Å². The lowest BCUT2D eigenvalue weighted by Crippen LogP contribution is -2.27. The zero-order valence-corrected chi connectivity index (χ0v) is 9.11. The van der Waals surface area contributed by atoms with Crippen molar-refractivity contribution in [1.29, 1.82) is 0 Å². The van der Waals surface area contributed by atoms with Gasteiger partial charge >= 0.3 is 0 Å². The standard InChI is InChI=1S/C11H18N4/c1-8-3-2-4-9(5-8)15-11-10(12)6-13-7-14-11/h6-9H,2-5,12H2,1H3,(H,13,14,15). The van der Waals surface area contributed by atoms with E-state index in [0.29, 0.717) is 11.7 Å². The predicted molar refractivity (Wildman–Crippen MR) is 61.5 cm³/mol. The molecule has 0 bridgehead atoms. The minimum absolute atomic E-state index is 0.519. The van der Waals surface area contributed by atoms with Gasteiger partial charge in [-0.05, 0) is 18.8 Å². The lowest BCUT2D eigenvalue weighted by Gasteiger charge is -2.28. The summed E-state index contributed by atoms with van der Waals surface area (Å²) in [6, 6.07) is 0.519. The van der Waals surface area contributed by atoms with Crippen molar-refractivity contribution in [2.24, 2.45) is 5.92 Å². The maximum atomic E-state index is 5.78. The SMILES string of the molecule is CC1CCCC(Nc2ncncc2N)C1. The molecule has 1 fully saturated rings. The zero-order chi connectivity index (χ0) is 10.7. The van der Waals surface area contributed by atoms with E-state index in [1.165, 1.54) is 32.0 Å². The van der Waals surface area contributed by atoms with Crippen LogP contribution in [0.15, 0.2) is 12.5 Å². The van der Waals surface area contributed by atoms with Crippen LogP contribution in [0.5, 0.6) is 0 Å². The Morgan fingerprint density at radius 1 is 1.47 bits per heavy atom. The van der Waals surface area contributed by atoms with Crippen LogP contribution in [-0.2, 0) is 0 Å². The van der Waals surface area contributed by atoms with Crippen LogP contribution in [-0.4, -0.2) is 16.0 Å². The first-order valence-corrected chi connectivity index (χ1v) is 5.57. The maximum Gasteiger partial charge on any atom is 0.152 e. The lowest BCUT2D eigenvalue weighted by molar-refractivity contribution is 0.358. The Morgan fingerprint density at radius 3 is 3.07 bits per heavy atom. The highest BCUT2D eigenvalue weighted by molar-refractivity contribution is 5.59. The molecule has 2 atom stereocenters. The van der Waals surface area contributed by atoms with E-state index < -0.39 is 0 Å². The molecule has 0 saturated heterocycles. The molecule has 15 heavy (non-hydrogen) atoms. The van der Waals surface area contributed by atoms with E-state index in [1.807, 2.05) is 0 Å². The minimum Gasteiger partial charge on any atom is -0.394 e. The second-order valence-electron chi connectivity index (χ2n) is 4.44. The molecule has 0 radical (unpaired) electrons. The van der Waals surface area contributed by atoms with Gasteiger partial charge in [0, 0.05) is 6.04 Å². The van der Waals surface area contributed by atoms with Crippen molar-refractivity contribution in [3.05, 3.63) is 12.5 Å². The van der Waals surface area contributed by atoms with Crippen LogP contribution in [0.4, 0.5) is 11.5 Å². The van der Waals surface area contributed by atoms with Gasteiger partial charge in [0.05, 0.1) is 11.9 Å². The van der Waals surface area contributed by atoms with Crippen molar-refractivity contribution in [1.82, 2.24) is 9.97 Å². The van der Waals surface area contributed by atoms with Gasteiger partial charge in [-0.25, -0.2) is 9.97 Å². The summed E-state index contributed by atoms with van der Waals surface area (Å²) >= 11 is 0. The van der Waals surface area contributed by atoms with Crippen LogP contribution in [0.3, 0.4) is 0 Å². The lowest BCUT2D eigenvalue weighted by atomic mass is 9.87. The van der Waals surface area contributed by atoms with Crippen LogP contribution in [0.2, 0.25) is 0 Å². The summed E-state index contributed by atoms with van der Waals surface area (Å²) < 4.78 is 0. The fourth-order valence-corrected chi connectivity index (χ4v) is 2.22. The van der Waals surface area contributed by atoms with E-state index in [-0.39, 0.29) is 0 Å². The Hall–Kier alpha value is -1.32. The van der Waals surface area contributed by atoms with Crippen LogP contribution in [0.1, 0.15) is 32.6 Å². The highest BCUT2D eigenvalue weighted by atomic mass is 15.1. The third kappa shape index (κ3) is 2.58. The molecule has 3 N–H and O–H groups in total. The summed E-state index contributed by atoms with van der Waals surface area (Å²) in [5, 5.41) is 3.40. The smallest absolute Gasteiger partial charge is 0.152 e. The van der Waals surface area contributed by atoms with Crippen LogP contribution < -0.4 is 11.1 Å². The average Bonchev–Trinajstić information content (AvgIpc) is 2.22. The van der Waals surface area contributed by atoms with Gasteiger partial charge in [-0.15, -0.1) is 0 Å². The van der Waals surface area contributed by atoms with E-state index in [1.54, 1.807) is 6.20 Å². The van der Waals surface area contributed by atoms with Crippen molar-refractivity contribution >= 4 is 11.5 Å². The zero-order valence-electron chi connectivity index (χ0n) is 9.11. The second kappa shape index (κ2) is 4.47. The molecule has 2 rings (SSSR count). The molecule has 1 heterocycles. The number of nitrogens with one attached hydrogen (secondary N) is 1. The molecular formula is C11H18N4. The first-order valence-electron chi connectivity index (χ1n) is 5.57. The monoisotopic (exact) mass is 206 g/mol. The minimum atomic E-state index is 0.519. The molecule has 1 saturated carbocycles. The molecule has 0 spiro atoms. The van der Waals surface area contributed by atoms with Gasteiger partial charge < -0.3 is 11.1 Å². The number of nitrogens with zero attached hydrogens (tertiary/aromatic N) is 2. The van der Waals surface area contributed by atoms with Crippen molar-refractivity contribution in [3.8, 4) is 0 Å². The van der Waals surface area contributed by atoms with Gasteiger partial charge in [0.2, 0.25) is 0 Å². The molecule has 0 aliphatic heterocycles. The van der Waals surface area contributed by atoms with E-state index >= 15 is 0 Å². The Labute approximate surface area is 90.3 Å². The van der Waals surface area contributed by atoms with Crippen molar-refractivity contribution in [2.45, 2.75) is 38.6 Å². The van der Waals surface area contributed by atoms with Crippen molar-refractivity contribution < 1.29 is 0 Å². The molecule has 1 aliphatic rings. The normalized spacial score (nSPS) is 26.2. The molecule has 0 aromatic carbocycles. The summed E-state index contributed by atoms with van der Waals surface area (Å²) in [6.45, 7) is 2.30. The molecule has 1 aliphatic carbocycles. The second-order valence-corrected chi connectivity index (χ2v) is 4.44. The van der Waals surface area contributed by atoms with Crippen LogP contribution >= 0.6 is 0 Å². The molecule has 4 heteroatoms. The molecular weight excluding hydrogens is 188 g/mol. The number of anilines is 2. The summed E-state index contributed by atoms with van der Waals surface area (Å²) in [5.74, 6) is 1.59. The molecule has 4 nitrogen and oxygen atoms in total. The largest absolute Gasteiger partial charge is 0.394 e. The Bertz CT molecular complexity index is 326. The highest BCUT2D eigenvalue weighted by Gasteiger charge is 2.19. The Kier molecular flexibility index (Phi) is 3.04. The van der Waals surface area contributed by atoms with Crippen LogP contribution in [0.25, 0.3) is 0 Å². The van der Waals surface area contributed by atoms with E-state index in [9.17, 15) is 0 Å². The van der Waals surface area contributed by atoms with Crippen molar-refractivity contribution in [3.63, 3.8) is 0 Å². The number of hydrogen-bond acceptors (Lipinski definition) is 4.